The molecule has 0 bridgehead atoms. The van der Waals surface area contributed by atoms with Gasteiger partial charge in [-0.05, 0) is 132 Å². The van der Waals surface area contributed by atoms with Crippen LogP contribution in [0.25, 0.3) is 44.2 Å². The highest BCUT2D eigenvalue weighted by atomic mass is 28.3. The summed E-state index contributed by atoms with van der Waals surface area (Å²) in [6.45, 7) is 0. The summed E-state index contributed by atoms with van der Waals surface area (Å²) in [5, 5.41) is 8.00. The van der Waals surface area contributed by atoms with E-state index >= 15 is 0 Å². The molecule has 316 valence electrons. The highest BCUT2D eigenvalue weighted by Crippen LogP contribution is 2.41. The van der Waals surface area contributed by atoms with Gasteiger partial charge in [-0.2, -0.15) is 0 Å². The number of hydrogen-bond acceptors (Lipinski definition) is 2. The normalized spacial score (nSPS) is 12.6. The molecule has 11 aromatic rings. The van der Waals surface area contributed by atoms with E-state index in [0.29, 0.717) is 0 Å². The molecule has 0 saturated heterocycles. The first-order valence-electron chi connectivity index (χ1n) is 23.1. The van der Waals surface area contributed by atoms with Crippen LogP contribution in [-0.4, -0.2) is 8.07 Å². The average molecular weight is 871 g/mol. The number of benzene rings is 11. The van der Waals surface area contributed by atoms with Crippen LogP contribution in [0.2, 0.25) is 0 Å². The van der Waals surface area contributed by atoms with Crippen LogP contribution in [0.4, 0.5) is 34.1 Å². The van der Waals surface area contributed by atoms with Crippen molar-refractivity contribution in [2.75, 3.05) is 9.80 Å². The Bertz CT molecular complexity index is 3440. The largest absolute Gasteiger partial charge is 0.311 e. The van der Waals surface area contributed by atoms with Crippen LogP contribution < -0.4 is 30.5 Å². The highest BCUT2D eigenvalue weighted by molar-refractivity contribution is 7.21. The zero-order valence-electron chi connectivity index (χ0n) is 37.0. The Morgan fingerprint density at radius 3 is 1.25 bits per heavy atom. The second-order valence-corrected chi connectivity index (χ2v) is 21.0. The molecule has 1 heterocycles. The molecule has 0 radical (unpaired) electrons. The van der Waals surface area contributed by atoms with Gasteiger partial charge >= 0.3 is 0 Å². The lowest BCUT2D eigenvalue weighted by molar-refractivity contribution is 1.28. The molecule has 0 aliphatic carbocycles. The van der Waals surface area contributed by atoms with E-state index < -0.39 is 8.07 Å². The molecule has 0 amide bonds. The monoisotopic (exact) mass is 870 g/mol. The quantitative estimate of drug-likeness (QED) is 0.133. The van der Waals surface area contributed by atoms with Crippen LogP contribution in [0.1, 0.15) is 0 Å². The zero-order valence-corrected chi connectivity index (χ0v) is 38.0. The Morgan fingerprint density at radius 1 is 0.269 bits per heavy atom. The van der Waals surface area contributed by atoms with Gasteiger partial charge in [-0.15, -0.1) is 0 Å². The van der Waals surface area contributed by atoms with Crippen molar-refractivity contribution in [3.63, 3.8) is 0 Å². The van der Waals surface area contributed by atoms with Crippen LogP contribution in [0.3, 0.4) is 0 Å². The number of fused-ring (bicyclic) bond motifs is 3. The molecular formula is C64H46N2Si. The summed E-state index contributed by atoms with van der Waals surface area (Å²) in [4.78, 5) is 4.84. The molecule has 0 unspecified atom stereocenters. The third kappa shape index (κ3) is 7.14. The highest BCUT2D eigenvalue weighted by Gasteiger charge is 2.48. The topological polar surface area (TPSA) is 6.48 Å². The lowest BCUT2D eigenvalue weighted by Crippen LogP contribution is -2.77. The first kappa shape index (κ1) is 40.0. The third-order valence-electron chi connectivity index (χ3n) is 13.5. The van der Waals surface area contributed by atoms with Crippen molar-refractivity contribution in [2.45, 2.75) is 0 Å². The van der Waals surface area contributed by atoms with E-state index in [2.05, 4.69) is 289 Å². The minimum atomic E-state index is -2.85. The van der Waals surface area contributed by atoms with Gasteiger partial charge in [0.15, 0.2) is 8.07 Å². The van der Waals surface area contributed by atoms with Gasteiger partial charge in [0.1, 0.15) is 0 Å². The summed E-state index contributed by atoms with van der Waals surface area (Å²) in [7, 11) is -2.85. The number of hydrogen-bond donors (Lipinski definition) is 0. The Labute approximate surface area is 394 Å². The molecule has 11 aromatic carbocycles. The number of anilines is 6. The second-order valence-electron chi connectivity index (χ2n) is 17.3. The molecule has 3 heteroatoms. The summed E-state index contributed by atoms with van der Waals surface area (Å²) < 4.78 is 0. The summed E-state index contributed by atoms with van der Waals surface area (Å²) >= 11 is 0. The number of rotatable bonds is 9. The van der Waals surface area contributed by atoms with E-state index in [1.807, 2.05) is 0 Å². The van der Waals surface area contributed by atoms with Crippen molar-refractivity contribution in [1.29, 1.82) is 0 Å². The SMILES string of the molecule is c1ccc(-c2ccc(N(c3ccc(-c4ccc5c(c4)[Si](c4ccccc4)(c4ccccc4)c4ccccc4N5c4ccccc4)cc3)c3ccc(-c4ccc5ccccc5c4)cc3)cc2)cc1. The van der Waals surface area contributed by atoms with Gasteiger partial charge < -0.3 is 9.80 Å². The maximum Gasteiger partial charge on any atom is 0.184 e. The van der Waals surface area contributed by atoms with E-state index in [4.69, 9.17) is 0 Å². The molecule has 12 rings (SSSR count). The molecular weight excluding hydrogens is 825 g/mol. The molecule has 2 nitrogen and oxygen atoms in total. The molecule has 0 fully saturated rings. The van der Waals surface area contributed by atoms with Gasteiger partial charge in [0.25, 0.3) is 0 Å². The van der Waals surface area contributed by atoms with E-state index in [-0.39, 0.29) is 0 Å². The first-order chi connectivity index (χ1) is 33.2. The lowest BCUT2D eigenvalue weighted by Gasteiger charge is -2.45. The van der Waals surface area contributed by atoms with Gasteiger partial charge in [-0.25, -0.2) is 0 Å². The summed E-state index contributed by atoms with van der Waals surface area (Å²) in [6.07, 6.45) is 0. The molecule has 0 atom stereocenters. The maximum atomic E-state index is 2.51. The van der Waals surface area contributed by atoms with Crippen LogP contribution in [0.15, 0.2) is 279 Å². The molecule has 1 aliphatic rings. The molecule has 0 aromatic heterocycles. The molecule has 0 spiro atoms. The number of nitrogens with zero attached hydrogens (tertiary/aromatic N) is 2. The molecule has 0 N–H and O–H groups in total. The van der Waals surface area contributed by atoms with Crippen molar-refractivity contribution in [1.82, 2.24) is 0 Å². The summed E-state index contributed by atoms with van der Waals surface area (Å²) in [6, 6.07) is 103. The Balaban J connectivity index is 0.983. The van der Waals surface area contributed by atoms with E-state index in [0.717, 1.165) is 22.7 Å². The van der Waals surface area contributed by atoms with E-state index in [1.54, 1.807) is 0 Å². The van der Waals surface area contributed by atoms with Gasteiger partial charge in [0.2, 0.25) is 0 Å². The predicted octanol–water partition coefficient (Wildman–Crippen LogP) is 14.5. The van der Waals surface area contributed by atoms with Crippen LogP contribution in [0, 0.1) is 0 Å². The number of para-hydroxylation sites is 2. The van der Waals surface area contributed by atoms with Crippen molar-refractivity contribution >= 4 is 73.7 Å². The van der Waals surface area contributed by atoms with Crippen molar-refractivity contribution < 1.29 is 0 Å². The second kappa shape index (κ2) is 17.1. The minimum Gasteiger partial charge on any atom is -0.311 e. The smallest absolute Gasteiger partial charge is 0.184 e. The molecule has 0 saturated carbocycles. The summed E-state index contributed by atoms with van der Waals surface area (Å²) in [5.41, 5.74) is 14.1. The fourth-order valence-electron chi connectivity index (χ4n) is 10.3. The summed E-state index contributed by atoms with van der Waals surface area (Å²) in [5.74, 6) is 0. The zero-order chi connectivity index (χ0) is 44.6. The fraction of sp³-hybridized carbons (Fsp3) is 0. The van der Waals surface area contributed by atoms with Crippen LogP contribution in [0.5, 0.6) is 0 Å². The van der Waals surface area contributed by atoms with Crippen molar-refractivity contribution in [3.05, 3.63) is 279 Å². The predicted molar refractivity (Wildman–Crippen MR) is 287 cm³/mol. The average Bonchev–Trinajstić information content (AvgIpc) is 3.41. The van der Waals surface area contributed by atoms with Crippen molar-refractivity contribution in [3.8, 4) is 33.4 Å². The standard InChI is InChI=1S/C64H46N2Si/c1-5-17-47(18-6-1)49-31-38-56(39-32-49)65(57-40-33-50(34-41-57)53-30-29-48-19-13-14-20-52(48)45-53)58-42-35-51(36-43-58)54-37-44-62-64(46-54)67(59-23-9-3-10-24-59,60-25-11-4-12-26-60)63-28-16-15-27-61(63)66(62)55-21-7-2-8-22-55/h1-46H. The van der Waals surface area contributed by atoms with Gasteiger partial charge in [0, 0.05) is 34.1 Å². The Hall–Kier alpha value is -8.50. The van der Waals surface area contributed by atoms with Gasteiger partial charge in [0.05, 0.1) is 0 Å². The minimum absolute atomic E-state index is 1.09. The first-order valence-corrected chi connectivity index (χ1v) is 25.1. The lowest BCUT2D eigenvalue weighted by atomic mass is 10.0. The Morgan fingerprint density at radius 2 is 0.672 bits per heavy atom. The molecule has 1 aliphatic heterocycles. The third-order valence-corrected chi connectivity index (χ3v) is 18.4. The van der Waals surface area contributed by atoms with Gasteiger partial charge in [-0.3, -0.25) is 0 Å². The maximum absolute atomic E-state index is 2.85. The fourth-order valence-corrected chi connectivity index (χ4v) is 15.5. The van der Waals surface area contributed by atoms with E-state index in [1.165, 1.54) is 76.3 Å². The van der Waals surface area contributed by atoms with E-state index in [9.17, 15) is 0 Å². The van der Waals surface area contributed by atoms with Crippen LogP contribution in [-0.2, 0) is 0 Å². The van der Waals surface area contributed by atoms with Crippen LogP contribution >= 0.6 is 0 Å². The van der Waals surface area contributed by atoms with Crippen molar-refractivity contribution in [2.24, 2.45) is 0 Å². The molecule has 67 heavy (non-hydrogen) atoms. The van der Waals surface area contributed by atoms with Gasteiger partial charge in [-0.1, -0.05) is 212 Å². The Kier molecular flexibility index (Phi) is 10.2.